The molecular formula is C19H30N6O3. The molecule has 0 spiro atoms. The summed E-state index contributed by atoms with van der Waals surface area (Å²) in [5.41, 5.74) is 2.17. The third kappa shape index (κ3) is 3.86. The number of ether oxygens (including phenoxy) is 1. The predicted molar refractivity (Wildman–Crippen MR) is 105 cm³/mol. The van der Waals surface area contributed by atoms with Crippen molar-refractivity contribution in [1.82, 2.24) is 25.1 Å². The molecule has 1 aromatic rings. The average Bonchev–Trinajstić information content (AvgIpc) is 3.10. The number of amides is 1. The van der Waals surface area contributed by atoms with E-state index in [4.69, 9.17) is 9.72 Å². The van der Waals surface area contributed by atoms with Gasteiger partial charge in [-0.2, -0.15) is 9.97 Å². The molecule has 0 aromatic carbocycles. The Morgan fingerprint density at radius 1 is 1.32 bits per heavy atom. The van der Waals surface area contributed by atoms with Gasteiger partial charge in [0.2, 0.25) is 0 Å². The van der Waals surface area contributed by atoms with Gasteiger partial charge in [-0.1, -0.05) is 0 Å². The number of carbonyl (C=O) groups is 1. The lowest BCUT2D eigenvalue weighted by Crippen LogP contribution is -2.54. The zero-order valence-electron chi connectivity index (χ0n) is 16.7. The standard InChI is InChI=1S/C19H30N6O3/c1-13-11-24(19(26)27)8-9-25(13)17-15-5-6-20-10-16(15)21-18(22-17)28-12-14-4-3-7-23(14)2/h13-14,20H,3-12H2,1-2H3,(H,26,27)/t13-,14-/m0/s1. The molecule has 0 bridgehead atoms. The number of rotatable bonds is 4. The fourth-order valence-corrected chi connectivity index (χ4v) is 4.43. The minimum atomic E-state index is -0.856. The molecule has 4 heterocycles. The van der Waals surface area contributed by atoms with Gasteiger partial charge in [-0.3, -0.25) is 0 Å². The smallest absolute Gasteiger partial charge is 0.407 e. The number of nitrogens with zero attached hydrogens (tertiary/aromatic N) is 5. The van der Waals surface area contributed by atoms with Crippen molar-refractivity contribution < 1.29 is 14.6 Å². The molecule has 9 heteroatoms. The molecule has 2 N–H and O–H groups in total. The number of aromatic nitrogens is 2. The Morgan fingerprint density at radius 3 is 2.89 bits per heavy atom. The normalized spacial score (nSPS) is 25.6. The first kappa shape index (κ1) is 19.2. The Kier molecular flexibility index (Phi) is 5.54. The van der Waals surface area contributed by atoms with Crippen molar-refractivity contribution >= 4 is 11.9 Å². The van der Waals surface area contributed by atoms with Crippen LogP contribution in [0.1, 0.15) is 31.0 Å². The van der Waals surface area contributed by atoms with Crippen LogP contribution in [0.2, 0.25) is 0 Å². The van der Waals surface area contributed by atoms with Crippen molar-refractivity contribution in [3.8, 4) is 6.01 Å². The summed E-state index contributed by atoms with van der Waals surface area (Å²) in [5.74, 6) is 0.916. The van der Waals surface area contributed by atoms with Gasteiger partial charge in [0.1, 0.15) is 12.4 Å². The monoisotopic (exact) mass is 390 g/mol. The van der Waals surface area contributed by atoms with Crippen molar-refractivity contribution in [3.05, 3.63) is 11.3 Å². The summed E-state index contributed by atoms with van der Waals surface area (Å²) in [6.07, 6.45) is 2.37. The SMILES string of the molecule is C[C@H]1CN(C(=O)O)CCN1c1nc(OC[C@@H]2CCCN2C)nc2c1CCNC2. The molecule has 9 nitrogen and oxygen atoms in total. The van der Waals surface area contributed by atoms with E-state index in [1.165, 1.54) is 16.9 Å². The van der Waals surface area contributed by atoms with E-state index in [2.05, 4.69) is 34.1 Å². The van der Waals surface area contributed by atoms with Crippen LogP contribution in [0.5, 0.6) is 6.01 Å². The summed E-state index contributed by atoms with van der Waals surface area (Å²) in [6.45, 7) is 6.99. The molecule has 2 saturated heterocycles. The van der Waals surface area contributed by atoms with Crippen LogP contribution >= 0.6 is 0 Å². The number of fused-ring (bicyclic) bond motifs is 1. The second kappa shape index (κ2) is 8.08. The maximum absolute atomic E-state index is 11.3. The minimum Gasteiger partial charge on any atom is -0.465 e. The first-order valence-corrected chi connectivity index (χ1v) is 10.2. The van der Waals surface area contributed by atoms with Crippen LogP contribution in [0.3, 0.4) is 0 Å². The Balaban J connectivity index is 1.56. The van der Waals surface area contributed by atoms with E-state index >= 15 is 0 Å². The second-order valence-corrected chi connectivity index (χ2v) is 8.04. The Labute approximate surface area is 165 Å². The molecule has 3 aliphatic heterocycles. The number of likely N-dealkylation sites (tertiary alicyclic amines) is 1. The summed E-state index contributed by atoms with van der Waals surface area (Å²) >= 11 is 0. The van der Waals surface area contributed by atoms with Crippen LogP contribution in [0, 0.1) is 0 Å². The van der Waals surface area contributed by atoms with E-state index in [-0.39, 0.29) is 6.04 Å². The van der Waals surface area contributed by atoms with Gasteiger partial charge in [0.05, 0.1) is 5.69 Å². The predicted octanol–water partition coefficient (Wildman–Crippen LogP) is 0.784. The number of hydrogen-bond acceptors (Lipinski definition) is 7. The van der Waals surface area contributed by atoms with Gasteiger partial charge in [-0.15, -0.1) is 0 Å². The van der Waals surface area contributed by atoms with Gasteiger partial charge >= 0.3 is 12.1 Å². The lowest BCUT2D eigenvalue weighted by molar-refractivity contribution is 0.136. The molecule has 2 atom stereocenters. The van der Waals surface area contributed by atoms with E-state index < -0.39 is 6.09 Å². The molecular weight excluding hydrogens is 360 g/mol. The molecule has 0 unspecified atom stereocenters. The highest BCUT2D eigenvalue weighted by molar-refractivity contribution is 5.66. The third-order valence-electron chi connectivity index (χ3n) is 6.14. The topological polar surface area (TPSA) is 94.1 Å². The summed E-state index contributed by atoms with van der Waals surface area (Å²) in [7, 11) is 2.13. The van der Waals surface area contributed by atoms with Gasteiger partial charge in [-0.25, -0.2) is 4.79 Å². The molecule has 0 radical (unpaired) electrons. The molecule has 0 aliphatic carbocycles. The van der Waals surface area contributed by atoms with Crippen molar-refractivity contribution in [1.29, 1.82) is 0 Å². The van der Waals surface area contributed by atoms with Gasteiger partial charge < -0.3 is 29.9 Å². The van der Waals surface area contributed by atoms with Crippen LogP contribution in [0.25, 0.3) is 0 Å². The van der Waals surface area contributed by atoms with E-state index in [0.29, 0.717) is 44.8 Å². The molecule has 4 rings (SSSR count). The van der Waals surface area contributed by atoms with Gasteiger partial charge in [0.15, 0.2) is 0 Å². The van der Waals surface area contributed by atoms with E-state index in [9.17, 15) is 9.90 Å². The second-order valence-electron chi connectivity index (χ2n) is 8.04. The zero-order valence-corrected chi connectivity index (χ0v) is 16.7. The number of nitrogens with one attached hydrogen (secondary N) is 1. The van der Waals surface area contributed by atoms with Crippen LogP contribution in [0.15, 0.2) is 0 Å². The van der Waals surface area contributed by atoms with Gasteiger partial charge in [-0.05, 0) is 46.3 Å². The highest BCUT2D eigenvalue weighted by Crippen LogP contribution is 2.29. The molecule has 1 amide bonds. The van der Waals surface area contributed by atoms with E-state index in [1.54, 1.807) is 0 Å². The van der Waals surface area contributed by atoms with Crippen LogP contribution < -0.4 is 15.0 Å². The van der Waals surface area contributed by atoms with Crippen LogP contribution in [0.4, 0.5) is 10.6 Å². The number of anilines is 1. The Hall–Kier alpha value is -2.13. The van der Waals surface area contributed by atoms with Crippen molar-refractivity contribution in [2.45, 2.75) is 44.8 Å². The summed E-state index contributed by atoms with van der Waals surface area (Å²) in [4.78, 5) is 26.8. The van der Waals surface area contributed by atoms with Gasteiger partial charge in [0.25, 0.3) is 0 Å². The average molecular weight is 390 g/mol. The number of piperazine rings is 1. The third-order valence-corrected chi connectivity index (χ3v) is 6.14. The Bertz CT molecular complexity index is 730. The molecule has 28 heavy (non-hydrogen) atoms. The van der Waals surface area contributed by atoms with E-state index in [1.807, 2.05) is 0 Å². The lowest BCUT2D eigenvalue weighted by atomic mass is 10.0. The molecule has 0 saturated carbocycles. The number of carboxylic acid groups (broad SMARTS) is 1. The minimum absolute atomic E-state index is 0.0625. The zero-order chi connectivity index (χ0) is 19.7. The molecule has 154 valence electrons. The van der Waals surface area contributed by atoms with Crippen LogP contribution in [-0.2, 0) is 13.0 Å². The fraction of sp³-hybridized carbons (Fsp3) is 0.737. The quantitative estimate of drug-likeness (QED) is 0.779. The molecule has 1 aromatic heterocycles. The highest BCUT2D eigenvalue weighted by atomic mass is 16.5. The lowest BCUT2D eigenvalue weighted by Gasteiger charge is -2.40. The van der Waals surface area contributed by atoms with Crippen molar-refractivity contribution in [3.63, 3.8) is 0 Å². The first-order valence-electron chi connectivity index (χ1n) is 10.2. The highest BCUT2D eigenvalue weighted by Gasteiger charge is 2.31. The largest absolute Gasteiger partial charge is 0.465 e. The van der Waals surface area contributed by atoms with Crippen LogP contribution in [-0.4, -0.2) is 89.4 Å². The molecule has 3 aliphatic rings. The summed E-state index contributed by atoms with van der Waals surface area (Å²) in [5, 5.41) is 12.7. The van der Waals surface area contributed by atoms with Gasteiger partial charge in [0, 0.05) is 43.8 Å². The van der Waals surface area contributed by atoms with Crippen molar-refractivity contribution in [2.75, 3.05) is 51.3 Å². The maximum Gasteiger partial charge on any atom is 0.407 e. The summed E-state index contributed by atoms with van der Waals surface area (Å²) in [6, 6.07) is 0.914. The number of likely N-dealkylation sites (N-methyl/N-ethyl adjacent to an activating group) is 1. The number of hydrogen-bond donors (Lipinski definition) is 2. The Morgan fingerprint density at radius 2 is 2.18 bits per heavy atom. The summed E-state index contributed by atoms with van der Waals surface area (Å²) < 4.78 is 6.03. The first-order chi connectivity index (χ1) is 13.5. The molecule has 2 fully saturated rings. The fourth-order valence-electron chi connectivity index (χ4n) is 4.43. The maximum atomic E-state index is 11.3. The van der Waals surface area contributed by atoms with E-state index in [0.717, 1.165) is 37.4 Å². The van der Waals surface area contributed by atoms with Crippen molar-refractivity contribution in [2.24, 2.45) is 0 Å².